The summed E-state index contributed by atoms with van der Waals surface area (Å²) in [6, 6.07) is 1.88. The minimum Gasteiger partial charge on any atom is -0.242 e. The van der Waals surface area contributed by atoms with Crippen LogP contribution in [0.2, 0.25) is 0 Å². The van der Waals surface area contributed by atoms with Gasteiger partial charge in [0, 0.05) is 11.9 Å². The molecule has 5 heteroatoms. The molecule has 2 aromatic rings. The third-order valence-corrected chi connectivity index (χ3v) is 2.01. The molecule has 0 saturated heterocycles. The molecule has 2 heterocycles. The molecule has 0 N–H and O–H groups in total. The molecule has 0 amide bonds. The summed E-state index contributed by atoms with van der Waals surface area (Å²) in [4.78, 5) is 7.99. The van der Waals surface area contributed by atoms with Gasteiger partial charge in [0.05, 0.1) is 0 Å². The fourth-order valence-corrected chi connectivity index (χ4v) is 1.14. The maximum Gasteiger partial charge on any atom is 0.125 e. The Balaban J connectivity index is 0.000000146. The number of hydrogen-bond acceptors (Lipinski definition) is 5. The van der Waals surface area contributed by atoms with Crippen molar-refractivity contribution in [3.05, 3.63) is 34.3 Å². The molecule has 0 fully saturated rings. The van der Waals surface area contributed by atoms with E-state index in [1.54, 1.807) is 23.0 Å². The van der Waals surface area contributed by atoms with Crippen LogP contribution in [0.4, 0.5) is 0 Å². The van der Waals surface area contributed by atoms with Gasteiger partial charge in [-0.25, -0.2) is 9.97 Å². The van der Waals surface area contributed by atoms with E-state index in [4.69, 9.17) is 0 Å². The van der Waals surface area contributed by atoms with Gasteiger partial charge in [-0.2, -0.15) is 0 Å². The molecule has 0 spiro atoms. The van der Waals surface area contributed by atoms with Crippen LogP contribution in [0.15, 0.2) is 17.8 Å². The van der Waals surface area contributed by atoms with E-state index < -0.39 is 0 Å². The summed E-state index contributed by atoms with van der Waals surface area (Å²) < 4.78 is 0. The molecule has 4 nitrogen and oxygen atoms in total. The number of hydrogen-bond donors (Lipinski definition) is 0. The lowest BCUT2D eigenvalue weighted by Gasteiger charge is -1.89. The summed E-state index contributed by atoms with van der Waals surface area (Å²) in [5, 5.41) is 8.30. The van der Waals surface area contributed by atoms with Crippen LogP contribution >= 0.6 is 11.3 Å². The van der Waals surface area contributed by atoms with Crippen molar-refractivity contribution in [1.82, 2.24) is 20.2 Å². The lowest BCUT2D eigenvalue weighted by Crippen LogP contribution is -1.86. The summed E-state index contributed by atoms with van der Waals surface area (Å²) in [5.41, 5.74) is 2.74. The van der Waals surface area contributed by atoms with E-state index in [0.29, 0.717) is 0 Å². The van der Waals surface area contributed by atoms with Gasteiger partial charge in [0.2, 0.25) is 0 Å². The normalized spacial score (nSPS) is 9.07. The Hall–Kier alpha value is -1.36. The van der Waals surface area contributed by atoms with Crippen LogP contribution < -0.4 is 0 Å². The molecule has 14 heavy (non-hydrogen) atoms. The lowest BCUT2D eigenvalue weighted by molar-refractivity contribution is 1.01. The second kappa shape index (κ2) is 5.39. The first kappa shape index (κ1) is 10.7. The SMILES string of the molecule is Cc1ccnc(C)n1.Cc1nncs1. The average Bonchev–Trinajstić information content (AvgIpc) is 2.56. The maximum atomic E-state index is 4.06. The third kappa shape index (κ3) is 4.04. The van der Waals surface area contributed by atoms with Crippen molar-refractivity contribution in [2.45, 2.75) is 20.8 Å². The topological polar surface area (TPSA) is 51.6 Å². The van der Waals surface area contributed by atoms with Gasteiger partial charge in [-0.1, -0.05) is 0 Å². The summed E-state index contributed by atoms with van der Waals surface area (Å²) >= 11 is 1.56. The molecule has 0 unspecified atom stereocenters. The van der Waals surface area contributed by atoms with E-state index >= 15 is 0 Å². The van der Waals surface area contributed by atoms with Crippen LogP contribution in [0.25, 0.3) is 0 Å². The number of rotatable bonds is 0. The summed E-state index contributed by atoms with van der Waals surface area (Å²) in [5.74, 6) is 0.838. The van der Waals surface area contributed by atoms with Gasteiger partial charge in [0.25, 0.3) is 0 Å². The van der Waals surface area contributed by atoms with Crippen LogP contribution in [0, 0.1) is 20.8 Å². The van der Waals surface area contributed by atoms with Gasteiger partial charge in [-0.15, -0.1) is 21.5 Å². The highest BCUT2D eigenvalue weighted by Gasteiger charge is 1.83. The van der Waals surface area contributed by atoms with E-state index in [1.807, 2.05) is 26.8 Å². The smallest absolute Gasteiger partial charge is 0.125 e. The molecular formula is C9H12N4S. The highest BCUT2D eigenvalue weighted by Crippen LogP contribution is 1.94. The Bertz CT molecular complexity index is 355. The fraction of sp³-hybridized carbons (Fsp3) is 0.333. The van der Waals surface area contributed by atoms with E-state index in [-0.39, 0.29) is 0 Å². The number of aromatic nitrogens is 4. The first-order valence-electron chi connectivity index (χ1n) is 4.17. The number of nitrogens with zero attached hydrogens (tertiary/aromatic N) is 4. The Kier molecular flexibility index (Phi) is 4.12. The van der Waals surface area contributed by atoms with Gasteiger partial charge in [0.1, 0.15) is 16.3 Å². The van der Waals surface area contributed by atoms with Crippen LogP contribution in [-0.2, 0) is 0 Å². The Labute approximate surface area is 87.1 Å². The first-order valence-corrected chi connectivity index (χ1v) is 5.05. The highest BCUT2D eigenvalue weighted by molar-refractivity contribution is 7.09. The standard InChI is InChI=1S/C6H8N2.C3H4N2S/c1-5-3-4-7-6(2)8-5;1-3-5-4-2-6-3/h3-4H,1-2H3;2H,1H3. The van der Waals surface area contributed by atoms with E-state index in [1.165, 1.54) is 0 Å². The van der Waals surface area contributed by atoms with Crippen molar-refractivity contribution in [2.75, 3.05) is 0 Å². The van der Waals surface area contributed by atoms with Gasteiger partial charge in [0.15, 0.2) is 0 Å². The maximum absolute atomic E-state index is 4.06. The van der Waals surface area contributed by atoms with Gasteiger partial charge >= 0.3 is 0 Å². The zero-order valence-corrected chi connectivity index (χ0v) is 9.25. The summed E-state index contributed by atoms with van der Waals surface area (Å²) in [6.07, 6.45) is 1.76. The molecule has 0 aliphatic heterocycles. The quantitative estimate of drug-likeness (QED) is 0.664. The minimum atomic E-state index is 0.838. The molecule has 0 saturated carbocycles. The molecule has 0 aromatic carbocycles. The Morgan fingerprint density at radius 1 is 1.21 bits per heavy atom. The van der Waals surface area contributed by atoms with Crippen molar-refractivity contribution in [2.24, 2.45) is 0 Å². The third-order valence-electron chi connectivity index (χ3n) is 1.38. The fourth-order valence-electron chi connectivity index (χ4n) is 0.803. The Morgan fingerprint density at radius 2 is 2.00 bits per heavy atom. The van der Waals surface area contributed by atoms with Gasteiger partial charge in [-0.3, -0.25) is 0 Å². The van der Waals surface area contributed by atoms with E-state index in [2.05, 4.69) is 20.2 Å². The van der Waals surface area contributed by atoms with Crippen LogP contribution in [0.3, 0.4) is 0 Å². The predicted octanol–water partition coefficient (Wildman–Crippen LogP) is 1.94. The van der Waals surface area contributed by atoms with Crippen LogP contribution in [-0.4, -0.2) is 20.2 Å². The van der Waals surface area contributed by atoms with Crippen molar-refractivity contribution >= 4 is 11.3 Å². The van der Waals surface area contributed by atoms with Crippen molar-refractivity contribution < 1.29 is 0 Å². The molecule has 0 radical (unpaired) electrons. The van der Waals surface area contributed by atoms with Crippen LogP contribution in [0.1, 0.15) is 16.5 Å². The summed E-state index contributed by atoms with van der Waals surface area (Å²) in [6.45, 7) is 5.76. The molecule has 0 aliphatic carbocycles. The molecule has 2 rings (SSSR count). The largest absolute Gasteiger partial charge is 0.242 e. The second-order valence-corrected chi connectivity index (χ2v) is 3.74. The Morgan fingerprint density at radius 3 is 2.29 bits per heavy atom. The molecule has 2 aromatic heterocycles. The molecule has 0 bridgehead atoms. The van der Waals surface area contributed by atoms with Crippen molar-refractivity contribution in [1.29, 1.82) is 0 Å². The first-order chi connectivity index (χ1) is 6.68. The molecular weight excluding hydrogens is 196 g/mol. The van der Waals surface area contributed by atoms with Crippen LogP contribution in [0.5, 0.6) is 0 Å². The lowest BCUT2D eigenvalue weighted by atomic mass is 10.4. The zero-order chi connectivity index (χ0) is 10.4. The minimum absolute atomic E-state index is 0.838. The van der Waals surface area contributed by atoms with E-state index in [0.717, 1.165) is 16.5 Å². The van der Waals surface area contributed by atoms with Gasteiger partial charge < -0.3 is 0 Å². The van der Waals surface area contributed by atoms with Gasteiger partial charge in [-0.05, 0) is 26.8 Å². The average molecular weight is 208 g/mol. The predicted molar refractivity (Wildman–Crippen MR) is 56.2 cm³/mol. The number of aryl methyl sites for hydroxylation is 3. The van der Waals surface area contributed by atoms with E-state index in [9.17, 15) is 0 Å². The monoisotopic (exact) mass is 208 g/mol. The molecule has 0 aliphatic rings. The van der Waals surface area contributed by atoms with Crippen molar-refractivity contribution in [3.63, 3.8) is 0 Å². The molecule has 74 valence electrons. The molecule has 0 atom stereocenters. The second-order valence-electron chi connectivity index (χ2n) is 2.70. The highest BCUT2D eigenvalue weighted by atomic mass is 32.1. The van der Waals surface area contributed by atoms with Crippen molar-refractivity contribution in [3.8, 4) is 0 Å². The summed E-state index contributed by atoms with van der Waals surface area (Å²) in [7, 11) is 0. The zero-order valence-electron chi connectivity index (χ0n) is 8.43.